The summed E-state index contributed by atoms with van der Waals surface area (Å²) >= 11 is 1.59. The van der Waals surface area contributed by atoms with Crippen LogP contribution in [0.1, 0.15) is 20.8 Å². The van der Waals surface area contributed by atoms with Gasteiger partial charge in [-0.25, -0.2) is 0 Å². The minimum atomic E-state index is -0.593. The second-order valence-corrected chi connectivity index (χ2v) is 5.12. The number of carbonyl (C=O) groups is 1. The molecule has 4 nitrogen and oxygen atoms in total. The summed E-state index contributed by atoms with van der Waals surface area (Å²) in [7, 11) is 0. The molecule has 0 saturated heterocycles. The largest absolute Gasteiger partial charge is 0.465 e. The van der Waals surface area contributed by atoms with E-state index in [0.717, 1.165) is 24.0 Å². The average molecular weight is 240 g/mol. The molecule has 2 rings (SSSR count). The topological polar surface area (TPSA) is 41.9 Å². The molecule has 0 saturated carbocycles. The molecule has 0 aliphatic carbocycles. The normalized spacial score (nSPS) is 19.3. The number of thioether (sulfide) groups is 1. The Balaban J connectivity index is 2.18. The number of esters is 1. The van der Waals surface area contributed by atoms with E-state index in [4.69, 9.17) is 4.74 Å². The fourth-order valence-corrected chi connectivity index (χ4v) is 2.95. The van der Waals surface area contributed by atoms with Crippen LogP contribution in [0.5, 0.6) is 0 Å². The number of amidine groups is 1. The molecule has 0 amide bonds. The van der Waals surface area contributed by atoms with Gasteiger partial charge in [0.1, 0.15) is 5.41 Å². The fraction of sp³-hybridized carbons (Fsp3) is 0.636. The Hall–Kier alpha value is -0.970. The zero-order valence-corrected chi connectivity index (χ0v) is 10.6. The molecule has 88 valence electrons. The fourth-order valence-electron chi connectivity index (χ4n) is 1.82. The van der Waals surface area contributed by atoms with Crippen LogP contribution in [-0.2, 0) is 9.53 Å². The first-order valence-corrected chi connectivity index (χ1v) is 6.32. The van der Waals surface area contributed by atoms with Gasteiger partial charge in [-0.1, -0.05) is 11.8 Å². The number of rotatable bonds is 3. The average Bonchev–Trinajstić information content (AvgIpc) is 2.77. The quantitative estimate of drug-likeness (QED) is 0.706. The highest BCUT2D eigenvalue weighted by Gasteiger charge is 2.41. The first-order chi connectivity index (χ1) is 7.57. The number of hydrogen-bond acceptors (Lipinski definition) is 5. The van der Waals surface area contributed by atoms with E-state index in [1.54, 1.807) is 11.8 Å². The standard InChI is InChI=1S/C11H16N2O2S/c1-4-15-9(14)11(2,3)8-7-16-10-12-5-6-13(8)10/h7H,4-6H2,1-3H3. The lowest BCUT2D eigenvalue weighted by Crippen LogP contribution is -2.36. The van der Waals surface area contributed by atoms with E-state index in [9.17, 15) is 4.79 Å². The van der Waals surface area contributed by atoms with Crippen LogP contribution in [0.2, 0.25) is 0 Å². The third-order valence-electron chi connectivity index (χ3n) is 2.79. The summed E-state index contributed by atoms with van der Waals surface area (Å²) < 4.78 is 5.11. The molecular formula is C11H16N2O2S. The van der Waals surface area contributed by atoms with Crippen LogP contribution in [0.3, 0.4) is 0 Å². The van der Waals surface area contributed by atoms with E-state index >= 15 is 0 Å². The highest BCUT2D eigenvalue weighted by atomic mass is 32.2. The van der Waals surface area contributed by atoms with Crippen molar-refractivity contribution in [3.63, 3.8) is 0 Å². The van der Waals surface area contributed by atoms with Crippen molar-refractivity contribution in [2.45, 2.75) is 20.8 Å². The van der Waals surface area contributed by atoms with Crippen LogP contribution in [0.15, 0.2) is 16.1 Å². The van der Waals surface area contributed by atoms with Gasteiger partial charge in [-0.2, -0.15) is 0 Å². The van der Waals surface area contributed by atoms with Crippen molar-refractivity contribution < 1.29 is 9.53 Å². The molecule has 2 aliphatic rings. The summed E-state index contributed by atoms with van der Waals surface area (Å²) in [5.74, 6) is -0.171. The lowest BCUT2D eigenvalue weighted by molar-refractivity contribution is -0.151. The van der Waals surface area contributed by atoms with Crippen LogP contribution in [-0.4, -0.2) is 35.7 Å². The molecule has 0 bridgehead atoms. The summed E-state index contributed by atoms with van der Waals surface area (Å²) in [6.45, 7) is 7.74. The van der Waals surface area contributed by atoms with Crippen molar-refractivity contribution in [3.8, 4) is 0 Å². The van der Waals surface area contributed by atoms with Gasteiger partial charge >= 0.3 is 5.97 Å². The second kappa shape index (κ2) is 4.13. The van der Waals surface area contributed by atoms with Crippen LogP contribution in [0, 0.1) is 5.41 Å². The lowest BCUT2D eigenvalue weighted by Gasteiger charge is -2.29. The molecule has 0 atom stereocenters. The van der Waals surface area contributed by atoms with Gasteiger partial charge in [0, 0.05) is 12.2 Å². The summed E-state index contributed by atoms with van der Waals surface area (Å²) in [5.41, 5.74) is 0.414. The number of fused-ring (bicyclic) bond motifs is 1. The molecule has 2 aliphatic heterocycles. The van der Waals surface area contributed by atoms with Gasteiger partial charge in [0.2, 0.25) is 0 Å². The minimum Gasteiger partial charge on any atom is -0.465 e. The second-order valence-electron chi connectivity index (χ2n) is 4.28. The molecule has 16 heavy (non-hydrogen) atoms. The molecule has 5 heteroatoms. The van der Waals surface area contributed by atoms with Gasteiger partial charge in [-0.3, -0.25) is 9.79 Å². The lowest BCUT2D eigenvalue weighted by atomic mass is 9.89. The van der Waals surface area contributed by atoms with Gasteiger partial charge < -0.3 is 9.64 Å². The molecule has 0 fully saturated rings. The van der Waals surface area contributed by atoms with Gasteiger partial charge in [0.25, 0.3) is 0 Å². The summed E-state index contributed by atoms with van der Waals surface area (Å²) in [6.07, 6.45) is 0. The Morgan fingerprint density at radius 1 is 1.69 bits per heavy atom. The van der Waals surface area contributed by atoms with E-state index in [-0.39, 0.29) is 5.97 Å². The SMILES string of the molecule is CCOC(=O)C(C)(C)C1=CSC2=NCCN12. The van der Waals surface area contributed by atoms with Crippen LogP contribution < -0.4 is 0 Å². The predicted octanol–water partition coefficient (Wildman–Crippen LogP) is 1.84. The maximum absolute atomic E-state index is 11.9. The number of hydrogen-bond donors (Lipinski definition) is 0. The Morgan fingerprint density at radius 2 is 2.44 bits per heavy atom. The van der Waals surface area contributed by atoms with Crippen LogP contribution >= 0.6 is 11.8 Å². The van der Waals surface area contributed by atoms with Crippen LogP contribution in [0.25, 0.3) is 0 Å². The zero-order chi connectivity index (χ0) is 11.8. The molecule has 0 aromatic heterocycles. The highest BCUT2D eigenvalue weighted by Crippen LogP contribution is 2.40. The van der Waals surface area contributed by atoms with Crippen LogP contribution in [0.4, 0.5) is 0 Å². The van der Waals surface area contributed by atoms with E-state index in [1.165, 1.54) is 0 Å². The number of aliphatic imine (C=N–C) groups is 1. The molecule has 0 unspecified atom stereocenters. The molecule has 0 aromatic carbocycles. The highest BCUT2D eigenvalue weighted by molar-refractivity contribution is 8.16. The molecular weight excluding hydrogens is 224 g/mol. The Morgan fingerprint density at radius 3 is 3.12 bits per heavy atom. The molecule has 0 N–H and O–H groups in total. The van der Waals surface area contributed by atoms with Crippen molar-refractivity contribution in [3.05, 3.63) is 11.1 Å². The van der Waals surface area contributed by atoms with Gasteiger partial charge in [0.15, 0.2) is 5.17 Å². The number of carbonyl (C=O) groups excluding carboxylic acids is 1. The Labute approximate surface area is 99.7 Å². The summed E-state index contributed by atoms with van der Waals surface area (Å²) in [4.78, 5) is 18.4. The van der Waals surface area contributed by atoms with Crippen molar-refractivity contribution >= 4 is 22.9 Å². The maximum Gasteiger partial charge on any atom is 0.317 e. The Bertz CT molecular complexity index is 374. The third-order valence-corrected chi connectivity index (χ3v) is 3.70. The van der Waals surface area contributed by atoms with E-state index in [2.05, 4.69) is 9.89 Å². The van der Waals surface area contributed by atoms with Crippen molar-refractivity contribution in [2.75, 3.05) is 19.7 Å². The van der Waals surface area contributed by atoms with Crippen molar-refractivity contribution in [1.29, 1.82) is 0 Å². The molecule has 0 radical (unpaired) electrons. The number of ether oxygens (including phenoxy) is 1. The van der Waals surface area contributed by atoms with Gasteiger partial charge in [0.05, 0.1) is 13.2 Å². The zero-order valence-electron chi connectivity index (χ0n) is 9.82. The first-order valence-electron chi connectivity index (χ1n) is 5.44. The third kappa shape index (κ3) is 1.73. The van der Waals surface area contributed by atoms with E-state index in [1.807, 2.05) is 26.2 Å². The summed E-state index contributed by atoms with van der Waals surface area (Å²) in [6, 6.07) is 0. The Kier molecular flexibility index (Phi) is 2.97. The van der Waals surface area contributed by atoms with Gasteiger partial charge in [-0.05, 0) is 26.2 Å². The van der Waals surface area contributed by atoms with E-state index < -0.39 is 5.41 Å². The molecule has 2 heterocycles. The van der Waals surface area contributed by atoms with E-state index in [0.29, 0.717) is 6.61 Å². The van der Waals surface area contributed by atoms with Crippen molar-refractivity contribution in [1.82, 2.24) is 4.90 Å². The predicted molar refractivity (Wildman–Crippen MR) is 65.1 cm³/mol. The monoisotopic (exact) mass is 240 g/mol. The number of nitrogens with zero attached hydrogens (tertiary/aromatic N) is 2. The maximum atomic E-state index is 11.9. The smallest absolute Gasteiger partial charge is 0.317 e. The van der Waals surface area contributed by atoms with Gasteiger partial charge in [-0.15, -0.1) is 0 Å². The molecule has 0 aromatic rings. The van der Waals surface area contributed by atoms with Crippen molar-refractivity contribution in [2.24, 2.45) is 10.4 Å². The summed E-state index contributed by atoms with van der Waals surface area (Å²) in [5, 5.41) is 3.02. The molecule has 0 spiro atoms. The minimum absolute atomic E-state index is 0.171. The first kappa shape index (κ1) is 11.5.